The molecule has 1 aromatic heterocycles. The van der Waals surface area contributed by atoms with Crippen molar-refractivity contribution in [2.24, 2.45) is 0 Å². The molecule has 0 saturated heterocycles. The zero-order valence-electron chi connectivity index (χ0n) is 17.7. The number of carbonyl (C=O) groups excluding carboxylic acids is 1. The van der Waals surface area contributed by atoms with Gasteiger partial charge in [-0.25, -0.2) is 4.98 Å². The van der Waals surface area contributed by atoms with Crippen LogP contribution in [0.15, 0.2) is 23.4 Å². The number of hydrogen-bond donors (Lipinski definition) is 1. The van der Waals surface area contributed by atoms with Crippen LogP contribution in [-0.2, 0) is 11.3 Å². The number of nitrogens with one attached hydrogen (secondary N) is 1. The van der Waals surface area contributed by atoms with Crippen LogP contribution in [0.4, 0.5) is 5.69 Å². The van der Waals surface area contributed by atoms with Crippen LogP contribution in [-0.4, -0.2) is 20.7 Å². The van der Waals surface area contributed by atoms with Gasteiger partial charge < -0.3 is 9.88 Å². The summed E-state index contributed by atoms with van der Waals surface area (Å²) in [5.74, 6) is 0.387. The van der Waals surface area contributed by atoms with Crippen molar-refractivity contribution in [3.05, 3.63) is 40.7 Å². The minimum absolute atomic E-state index is 0.0246. The van der Waals surface area contributed by atoms with E-state index in [1.54, 1.807) is 11.8 Å². The van der Waals surface area contributed by atoms with E-state index < -0.39 is 0 Å². The van der Waals surface area contributed by atoms with Gasteiger partial charge in [0.15, 0.2) is 5.16 Å². The molecule has 2 rings (SSSR count). The lowest BCUT2D eigenvalue weighted by atomic mass is 9.98. The SMILES string of the molecule is CCCCn1c(SC(C)C(=O)Nc2c(C)cccc2C(C)C)nc(C)c1C. The molecule has 0 saturated carbocycles. The van der Waals surface area contributed by atoms with Crippen molar-refractivity contribution in [2.45, 2.75) is 84.2 Å². The minimum atomic E-state index is -0.216. The predicted molar refractivity (Wildman–Crippen MR) is 116 cm³/mol. The number of benzene rings is 1. The lowest BCUT2D eigenvalue weighted by molar-refractivity contribution is -0.115. The maximum Gasteiger partial charge on any atom is 0.237 e. The standard InChI is InChI=1S/C22H33N3OS/c1-8-9-13-25-17(6)16(5)23-22(25)27-18(7)21(26)24-20-15(4)11-10-12-19(20)14(2)3/h10-12,14,18H,8-9,13H2,1-7H3,(H,24,26). The summed E-state index contributed by atoms with van der Waals surface area (Å²) in [4.78, 5) is 17.6. The van der Waals surface area contributed by atoms with Crippen LogP contribution in [0.5, 0.6) is 0 Å². The summed E-state index contributed by atoms with van der Waals surface area (Å²) in [6, 6.07) is 6.19. The van der Waals surface area contributed by atoms with Crippen LogP contribution in [0, 0.1) is 20.8 Å². The van der Waals surface area contributed by atoms with Gasteiger partial charge in [-0.05, 0) is 51.2 Å². The fraction of sp³-hybridized carbons (Fsp3) is 0.545. The van der Waals surface area contributed by atoms with Gasteiger partial charge in [-0.15, -0.1) is 0 Å². The molecule has 1 unspecified atom stereocenters. The summed E-state index contributed by atoms with van der Waals surface area (Å²) in [6.45, 7) is 15.6. The van der Waals surface area contributed by atoms with Crippen LogP contribution in [0.3, 0.4) is 0 Å². The van der Waals surface area contributed by atoms with Crippen LogP contribution in [0.25, 0.3) is 0 Å². The van der Waals surface area contributed by atoms with E-state index in [1.165, 1.54) is 11.3 Å². The highest BCUT2D eigenvalue weighted by molar-refractivity contribution is 8.00. The Hall–Kier alpha value is -1.75. The molecule has 1 aromatic carbocycles. The number of aromatic nitrogens is 2. The number of para-hydroxylation sites is 1. The summed E-state index contributed by atoms with van der Waals surface area (Å²) >= 11 is 1.54. The first kappa shape index (κ1) is 21.5. The summed E-state index contributed by atoms with van der Waals surface area (Å²) in [5, 5.41) is 3.89. The Morgan fingerprint density at radius 2 is 1.93 bits per heavy atom. The van der Waals surface area contributed by atoms with E-state index in [2.05, 4.69) is 49.7 Å². The Labute approximate surface area is 168 Å². The Morgan fingerprint density at radius 1 is 1.22 bits per heavy atom. The number of nitrogens with zero attached hydrogens (tertiary/aromatic N) is 2. The smallest absolute Gasteiger partial charge is 0.237 e. The zero-order valence-corrected chi connectivity index (χ0v) is 18.5. The van der Waals surface area contributed by atoms with Gasteiger partial charge in [0.25, 0.3) is 0 Å². The van der Waals surface area contributed by atoms with Gasteiger partial charge in [0.1, 0.15) is 0 Å². The van der Waals surface area contributed by atoms with Crippen LogP contribution in [0.1, 0.15) is 69.0 Å². The van der Waals surface area contributed by atoms with Crippen molar-refractivity contribution in [3.63, 3.8) is 0 Å². The average molecular weight is 388 g/mol. The summed E-state index contributed by atoms with van der Waals surface area (Å²) in [7, 11) is 0. The molecule has 2 aromatic rings. The second kappa shape index (κ2) is 9.45. The van der Waals surface area contributed by atoms with Crippen LogP contribution < -0.4 is 5.32 Å². The van der Waals surface area contributed by atoms with Gasteiger partial charge >= 0.3 is 0 Å². The van der Waals surface area contributed by atoms with Gasteiger partial charge in [-0.1, -0.05) is 57.2 Å². The number of unbranched alkanes of at least 4 members (excludes halogenated alkanes) is 1. The van der Waals surface area contributed by atoms with Crippen molar-refractivity contribution in [1.29, 1.82) is 0 Å². The maximum absolute atomic E-state index is 12.9. The second-order valence-corrected chi connectivity index (χ2v) is 8.82. The van der Waals surface area contributed by atoms with Gasteiger partial charge in [-0.2, -0.15) is 0 Å². The average Bonchev–Trinajstić information content (AvgIpc) is 2.88. The van der Waals surface area contributed by atoms with Crippen LogP contribution >= 0.6 is 11.8 Å². The highest BCUT2D eigenvalue weighted by Crippen LogP contribution is 2.30. The highest BCUT2D eigenvalue weighted by Gasteiger charge is 2.21. The first-order valence-corrected chi connectivity index (χ1v) is 10.7. The lowest BCUT2D eigenvalue weighted by Gasteiger charge is -2.19. The number of carbonyl (C=O) groups is 1. The molecule has 0 fully saturated rings. The molecule has 27 heavy (non-hydrogen) atoms. The topological polar surface area (TPSA) is 46.9 Å². The van der Waals surface area contributed by atoms with Crippen molar-refractivity contribution in [2.75, 3.05) is 5.32 Å². The largest absolute Gasteiger partial charge is 0.325 e. The summed E-state index contributed by atoms with van der Waals surface area (Å²) in [5.41, 5.74) is 5.47. The quantitative estimate of drug-likeness (QED) is 0.578. The second-order valence-electron chi connectivity index (χ2n) is 7.51. The molecule has 0 spiro atoms. The third kappa shape index (κ3) is 5.16. The van der Waals surface area contributed by atoms with E-state index in [0.717, 1.165) is 41.5 Å². The summed E-state index contributed by atoms with van der Waals surface area (Å²) in [6.07, 6.45) is 2.26. The van der Waals surface area contributed by atoms with Crippen molar-refractivity contribution < 1.29 is 4.79 Å². The van der Waals surface area contributed by atoms with E-state index in [-0.39, 0.29) is 11.2 Å². The van der Waals surface area contributed by atoms with E-state index in [0.29, 0.717) is 5.92 Å². The van der Waals surface area contributed by atoms with Gasteiger partial charge in [0, 0.05) is 17.9 Å². The van der Waals surface area contributed by atoms with Crippen molar-refractivity contribution >= 4 is 23.4 Å². The molecule has 1 atom stereocenters. The first-order chi connectivity index (χ1) is 12.8. The Morgan fingerprint density at radius 3 is 2.56 bits per heavy atom. The fourth-order valence-corrected chi connectivity index (χ4v) is 4.10. The molecule has 0 radical (unpaired) electrons. The number of rotatable bonds is 8. The van der Waals surface area contributed by atoms with Crippen LogP contribution in [0.2, 0.25) is 0 Å². The third-order valence-corrected chi connectivity index (χ3v) is 6.07. The minimum Gasteiger partial charge on any atom is -0.325 e. The number of anilines is 1. The first-order valence-electron chi connectivity index (χ1n) is 9.87. The van der Waals surface area contributed by atoms with Gasteiger partial charge in [-0.3, -0.25) is 4.79 Å². The fourth-order valence-electron chi connectivity index (χ4n) is 3.07. The van der Waals surface area contributed by atoms with Gasteiger partial charge in [0.2, 0.25) is 5.91 Å². The summed E-state index contributed by atoms with van der Waals surface area (Å²) < 4.78 is 2.25. The lowest BCUT2D eigenvalue weighted by Crippen LogP contribution is -2.24. The molecule has 1 N–H and O–H groups in total. The molecule has 0 bridgehead atoms. The molecule has 148 valence electrons. The highest BCUT2D eigenvalue weighted by atomic mass is 32.2. The number of amides is 1. The normalized spacial score (nSPS) is 12.4. The maximum atomic E-state index is 12.9. The molecule has 1 heterocycles. The molecule has 0 aliphatic carbocycles. The van der Waals surface area contributed by atoms with Crippen molar-refractivity contribution in [1.82, 2.24) is 9.55 Å². The predicted octanol–water partition coefficient (Wildman–Crippen LogP) is 5.85. The number of aryl methyl sites for hydroxylation is 2. The third-order valence-electron chi connectivity index (χ3n) is 4.98. The molecule has 4 nitrogen and oxygen atoms in total. The van der Waals surface area contributed by atoms with E-state index in [1.807, 2.05) is 26.8 Å². The molecule has 0 aliphatic rings. The number of thioether (sulfide) groups is 1. The molecule has 5 heteroatoms. The van der Waals surface area contributed by atoms with E-state index in [4.69, 9.17) is 4.98 Å². The molecule has 1 amide bonds. The molecular formula is C22H33N3OS. The zero-order chi connectivity index (χ0) is 20.1. The van der Waals surface area contributed by atoms with Crippen molar-refractivity contribution in [3.8, 4) is 0 Å². The number of imidazole rings is 1. The number of hydrogen-bond acceptors (Lipinski definition) is 3. The Kier molecular flexibility index (Phi) is 7.54. The Balaban J connectivity index is 2.17. The molecule has 0 aliphatic heterocycles. The van der Waals surface area contributed by atoms with E-state index in [9.17, 15) is 4.79 Å². The Bertz CT molecular complexity index is 795. The monoisotopic (exact) mass is 387 g/mol. The van der Waals surface area contributed by atoms with E-state index >= 15 is 0 Å². The van der Waals surface area contributed by atoms with Gasteiger partial charge in [0.05, 0.1) is 10.9 Å². The molecular weight excluding hydrogens is 354 g/mol.